The van der Waals surface area contributed by atoms with Crippen LogP contribution in [0.5, 0.6) is 11.5 Å². The lowest BCUT2D eigenvalue weighted by atomic mass is 9.52. The number of alkyl halides is 3. The lowest BCUT2D eigenvalue weighted by Crippen LogP contribution is -2.59. The minimum absolute atomic E-state index is 0.163. The third-order valence-electron chi connectivity index (χ3n) is 6.73. The van der Waals surface area contributed by atoms with Crippen molar-refractivity contribution in [2.24, 2.45) is 17.8 Å². The first kappa shape index (κ1) is 18.6. The number of halogens is 3. The number of hydrogen-bond acceptors (Lipinski definition) is 6. The van der Waals surface area contributed by atoms with E-state index >= 15 is 0 Å². The number of ether oxygens (including phenoxy) is 1. The van der Waals surface area contributed by atoms with E-state index in [1.165, 1.54) is 18.2 Å². The van der Waals surface area contributed by atoms with Crippen LogP contribution in [0.1, 0.15) is 32.1 Å². The van der Waals surface area contributed by atoms with Gasteiger partial charge in [-0.3, -0.25) is 0 Å². The minimum atomic E-state index is -3.03. The third-order valence-corrected chi connectivity index (χ3v) is 6.73. The Morgan fingerprint density at radius 1 is 1.21 bits per heavy atom. The molecule has 0 amide bonds. The number of anilines is 1. The normalized spacial score (nSPS) is 32.7. The van der Waals surface area contributed by atoms with Gasteiger partial charge >= 0.3 is 12.6 Å². The molecule has 1 N–H and O–H groups in total. The van der Waals surface area contributed by atoms with E-state index < -0.39 is 18.0 Å². The highest BCUT2D eigenvalue weighted by Gasteiger charge is 2.57. The molecule has 4 bridgehead atoms. The number of phenolic OH excluding ortho intramolecular Hbond substituents is 1. The molecule has 2 aromatic rings. The standard InChI is InChI=1S/C20H22F3N3O3/c1-26(16-12-4-10-5-13(16)9-20(23,7-10)8-12)19-25-24-17(29-19)11-2-3-15(14(27)6-11)28-18(21)22/h2-3,6,10,12-13,16,18,27H,4-5,7-9H2,1H3. The van der Waals surface area contributed by atoms with Crippen LogP contribution in [0.25, 0.3) is 11.5 Å². The summed E-state index contributed by atoms with van der Waals surface area (Å²) in [5.74, 6) is 0.441. The van der Waals surface area contributed by atoms with Crippen LogP contribution in [0.2, 0.25) is 0 Å². The van der Waals surface area contributed by atoms with Gasteiger partial charge in [0.1, 0.15) is 5.67 Å². The van der Waals surface area contributed by atoms with Crippen LogP contribution in [0.15, 0.2) is 22.6 Å². The van der Waals surface area contributed by atoms with E-state index in [1.54, 1.807) is 0 Å². The predicted molar refractivity (Wildman–Crippen MR) is 97.6 cm³/mol. The van der Waals surface area contributed by atoms with E-state index in [4.69, 9.17) is 4.42 Å². The summed E-state index contributed by atoms with van der Waals surface area (Å²) < 4.78 is 49.7. The van der Waals surface area contributed by atoms with E-state index in [0.717, 1.165) is 12.8 Å². The van der Waals surface area contributed by atoms with Crippen LogP contribution in [0.3, 0.4) is 0 Å². The van der Waals surface area contributed by atoms with Crippen molar-refractivity contribution in [2.75, 3.05) is 11.9 Å². The Kier molecular flexibility index (Phi) is 4.18. The second-order valence-electron chi connectivity index (χ2n) is 8.67. The highest BCUT2D eigenvalue weighted by atomic mass is 19.3. The molecule has 0 radical (unpaired) electrons. The Morgan fingerprint density at radius 2 is 1.93 bits per heavy atom. The van der Waals surface area contributed by atoms with Crippen molar-refractivity contribution < 1.29 is 27.4 Å². The van der Waals surface area contributed by atoms with Gasteiger partial charge in [-0.25, -0.2) is 4.39 Å². The maximum atomic E-state index is 14.9. The third kappa shape index (κ3) is 3.20. The van der Waals surface area contributed by atoms with Gasteiger partial charge in [-0.05, 0) is 68.1 Å². The molecule has 29 heavy (non-hydrogen) atoms. The molecule has 1 heterocycles. The van der Waals surface area contributed by atoms with Gasteiger partial charge in [0.2, 0.25) is 5.89 Å². The summed E-state index contributed by atoms with van der Waals surface area (Å²) in [6, 6.07) is 4.43. The van der Waals surface area contributed by atoms with Crippen molar-refractivity contribution in [1.29, 1.82) is 0 Å². The number of aromatic hydroxyl groups is 1. The van der Waals surface area contributed by atoms with Crippen molar-refractivity contribution in [1.82, 2.24) is 10.2 Å². The summed E-state index contributed by atoms with van der Waals surface area (Å²) in [7, 11) is 1.90. The molecule has 2 unspecified atom stereocenters. The maximum absolute atomic E-state index is 14.9. The van der Waals surface area contributed by atoms with Crippen molar-refractivity contribution in [3.8, 4) is 23.0 Å². The summed E-state index contributed by atoms with van der Waals surface area (Å²) in [5, 5.41) is 18.0. The fourth-order valence-corrected chi connectivity index (χ4v) is 5.98. The van der Waals surface area contributed by atoms with Crippen LogP contribution in [0, 0.1) is 17.8 Å². The summed E-state index contributed by atoms with van der Waals surface area (Å²) in [6.45, 7) is -3.03. The molecule has 0 spiro atoms. The van der Waals surface area contributed by atoms with E-state index in [0.29, 0.717) is 36.8 Å². The van der Waals surface area contributed by atoms with E-state index in [9.17, 15) is 18.3 Å². The van der Waals surface area contributed by atoms with Gasteiger partial charge in [-0.2, -0.15) is 8.78 Å². The molecule has 0 saturated heterocycles. The zero-order valence-corrected chi connectivity index (χ0v) is 15.9. The highest BCUT2D eigenvalue weighted by Crippen LogP contribution is 2.58. The summed E-state index contributed by atoms with van der Waals surface area (Å²) >= 11 is 0. The minimum Gasteiger partial charge on any atom is -0.504 e. The summed E-state index contributed by atoms with van der Waals surface area (Å²) in [4.78, 5) is 1.96. The van der Waals surface area contributed by atoms with Gasteiger partial charge in [0.25, 0.3) is 0 Å². The quantitative estimate of drug-likeness (QED) is 0.790. The largest absolute Gasteiger partial charge is 0.504 e. The Labute approximate surface area is 165 Å². The predicted octanol–water partition coefficient (Wildman–Crippen LogP) is 4.40. The molecule has 4 fully saturated rings. The van der Waals surface area contributed by atoms with Gasteiger partial charge in [0.05, 0.1) is 0 Å². The fraction of sp³-hybridized carbons (Fsp3) is 0.600. The molecular weight excluding hydrogens is 387 g/mol. The Balaban J connectivity index is 1.36. The first-order chi connectivity index (χ1) is 13.8. The molecule has 1 aromatic carbocycles. The van der Waals surface area contributed by atoms with Crippen molar-refractivity contribution in [3.05, 3.63) is 18.2 Å². The second kappa shape index (κ2) is 6.53. The number of nitrogens with zero attached hydrogens (tertiary/aromatic N) is 3. The second-order valence-corrected chi connectivity index (χ2v) is 8.67. The SMILES string of the molecule is CN(c1nnc(-c2ccc(OC(F)F)c(O)c2)o1)C1C2CC3CC1CC(F)(C3)C2. The molecule has 6 rings (SSSR count). The van der Waals surface area contributed by atoms with Crippen LogP contribution < -0.4 is 9.64 Å². The Bertz CT molecular complexity index is 905. The molecule has 4 saturated carbocycles. The topological polar surface area (TPSA) is 71.6 Å². The van der Waals surface area contributed by atoms with E-state index in [1.807, 2.05) is 11.9 Å². The lowest BCUT2D eigenvalue weighted by Gasteiger charge is -2.58. The Hall–Kier alpha value is -2.45. The monoisotopic (exact) mass is 409 g/mol. The lowest BCUT2D eigenvalue weighted by molar-refractivity contribution is -0.0859. The molecule has 1 aromatic heterocycles. The van der Waals surface area contributed by atoms with Gasteiger partial charge in [0.15, 0.2) is 11.5 Å². The van der Waals surface area contributed by atoms with Gasteiger partial charge in [-0.1, -0.05) is 5.10 Å². The van der Waals surface area contributed by atoms with Crippen LogP contribution in [-0.4, -0.2) is 40.7 Å². The number of rotatable bonds is 5. The van der Waals surface area contributed by atoms with E-state index in [-0.39, 0.29) is 29.5 Å². The number of phenols is 1. The molecule has 4 aliphatic carbocycles. The first-order valence-electron chi connectivity index (χ1n) is 9.85. The molecule has 156 valence electrons. The molecule has 4 aliphatic rings. The average Bonchev–Trinajstić information content (AvgIpc) is 3.11. The van der Waals surface area contributed by atoms with Crippen molar-refractivity contribution in [3.63, 3.8) is 0 Å². The molecular formula is C20H22F3N3O3. The van der Waals surface area contributed by atoms with E-state index in [2.05, 4.69) is 14.9 Å². The van der Waals surface area contributed by atoms with Crippen LogP contribution in [-0.2, 0) is 0 Å². The number of benzene rings is 1. The molecule has 6 nitrogen and oxygen atoms in total. The fourth-order valence-electron chi connectivity index (χ4n) is 5.98. The van der Waals surface area contributed by atoms with Crippen molar-refractivity contribution in [2.45, 2.75) is 50.4 Å². The zero-order valence-electron chi connectivity index (χ0n) is 15.9. The first-order valence-corrected chi connectivity index (χ1v) is 9.85. The molecule has 0 aliphatic heterocycles. The highest BCUT2D eigenvalue weighted by molar-refractivity contribution is 5.59. The smallest absolute Gasteiger partial charge is 0.387 e. The Morgan fingerprint density at radius 3 is 2.55 bits per heavy atom. The number of aromatic nitrogens is 2. The zero-order chi connectivity index (χ0) is 20.3. The van der Waals surface area contributed by atoms with Crippen LogP contribution in [0.4, 0.5) is 19.2 Å². The average molecular weight is 409 g/mol. The maximum Gasteiger partial charge on any atom is 0.387 e. The summed E-state index contributed by atoms with van der Waals surface area (Å²) in [6.07, 6.45) is 3.97. The summed E-state index contributed by atoms with van der Waals surface area (Å²) in [5.41, 5.74) is -0.614. The van der Waals surface area contributed by atoms with Crippen LogP contribution >= 0.6 is 0 Å². The van der Waals surface area contributed by atoms with Gasteiger partial charge in [0, 0.05) is 18.7 Å². The van der Waals surface area contributed by atoms with Crippen molar-refractivity contribution >= 4 is 6.01 Å². The number of hydrogen-bond donors (Lipinski definition) is 1. The molecule has 2 atom stereocenters. The van der Waals surface area contributed by atoms with Gasteiger partial charge in [-0.15, -0.1) is 5.10 Å². The van der Waals surface area contributed by atoms with Gasteiger partial charge < -0.3 is 19.2 Å². The molecule has 9 heteroatoms.